The van der Waals surface area contributed by atoms with Crippen molar-refractivity contribution in [2.24, 2.45) is 0 Å². The summed E-state index contributed by atoms with van der Waals surface area (Å²) in [7, 11) is 0. The number of nitrogens with zero attached hydrogens (tertiary/aromatic N) is 4. The first-order valence-electron chi connectivity index (χ1n) is 8.12. The number of nitro benzene ring substituents is 1. The highest BCUT2D eigenvalue weighted by molar-refractivity contribution is 9.11. The van der Waals surface area contributed by atoms with E-state index in [0.717, 1.165) is 4.47 Å². The minimum Gasteiger partial charge on any atom is -0.459 e. The number of rotatable bonds is 5. The van der Waals surface area contributed by atoms with Gasteiger partial charge >= 0.3 is 6.01 Å². The largest absolute Gasteiger partial charge is 0.459 e. The van der Waals surface area contributed by atoms with Crippen LogP contribution < -0.4 is 10.3 Å². The fourth-order valence-corrected chi connectivity index (χ4v) is 4.59. The zero-order valence-corrected chi connectivity index (χ0v) is 18.4. The molecule has 8 nitrogen and oxygen atoms in total. The van der Waals surface area contributed by atoms with Crippen LogP contribution in [0.15, 0.2) is 61.7 Å². The smallest absolute Gasteiger partial charge is 0.306 e. The second kappa shape index (κ2) is 8.01. The highest BCUT2D eigenvalue weighted by Gasteiger charge is 2.18. The Morgan fingerprint density at radius 3 is 2.62 bits per heavy atom. The van der Waals surface area contributed by atoms with Crippen molar-refractivity contribution in [3.63, 3.8) is 0 Å². The topological polar surface area (TPSA) is 100 Å². The molecule has 0 aliphatic heterocycles. The number of ether oxygens (including phenoxy) is 1. The maximum atomic E-state index is 13.2. The van der Waals surface area contributed by atoms with Crippen molar-refractivity contribution in [1.29, 1.82) is 0 Å². The van der Waals surface area contributed by atoms with Crippen LogP contribution in [0.25, 0.3) is 16.0 Å². The quantitative estimate of drug-likeness (QED) is 0.266. The van der Waals surface area contributed by atoms with Crippen LogP contribution in [0.2, 0.25) is 0 Å². The predicted octanol–water partition coefficient (Wildman–Crippen LogP) is 4.85. The molecule has 2 heterocycles. The van der Waals surface area contributed by atoms with Gasteiger partial charge in [-0.25, -0.2) is 9.55 Å². The lowest BCUT2D eigenvalue weighted by molar-refractivity contribution is -0.384. The molecule has 146 valence electrons. The van der Waals surface area contributed by atoms with Gasteiger partial charge in [-0.15, -0.1) is 11.3 Å². The average Bonchev–Trinajstić information content (AvgIpc) is 3.21. The first kappa shape index (κ1) is 19.7. The molecule has 0 radical (unpaired) electrons. The van der Waals surface area contributed by atoms with Crippen LogP contribution in [0.5, 0.6) is 6.01 Å². The lowest BCUT2D eigenvalue weighted by Gasteiger charge is -2.13. The maximum Gasteiger partial charge on any atom is 0.306 e. The molecule has 0 bridgehead atoms. The van der Waals surface area contributed by atoms with Crippen molar-refractivity contribution in [3.05, 3.63) is 83.0 Å². The molecule has 0 saturated heterocycles. The van der Waals surface area contributed by atoms with Gasteiger partial charge in [0.1, 0.15) is 6.61 Å². The average molecular weight is 538 g/mol. The van der Waals surface area contributed by atoms with Gasteiger partial charge in [-0.1, -0.05) is 15.9 Å². The summed E-state index contributed by atoms with van der Waals surface area (Å²) in [4.78, 5) is 32.2. The van der Waals surface area contributed by atoms with Crippen molar-refractivity contribution >= 4 is 59.8 Å². The standard InChI is InChI=1S/C18H10Br2N4O4S/c19-11-7-13-15(14(20)8-11)22-17(23(16(13)25)18-21-5-6-29-18)28-9-10-1-3-12(4-2-10)24(26)27/h1-8H,9H2. The fraction of sp³-hybridized carbons (Fsp3) is 0.0556. The van der Waals surface area contributed by atoms with E-state index in [9.17, 15) is 14.9 Å². The lowest BCUT2D eigenvalue weighted by atomic mass is 10.2. The minimum atomic E-state index is -0.467. The fourth-order valence-electron chi connectivity index (χ4n) is 2.65. The van der Waals surface area contributed by atoms with E-state index in [0.29, 0.717) is 26.1 Å². The molecular formula is C18H10Br2N4O4S. The molecule has 0 N–H and O–H groups in total. The van der Waals surface area contributed by atoms with Gasteiger partial charge in [0, 0.05) is 32.7 Å². The molecule has 2 aromatic carbocycles. The van der Waals surface area contributed by atoms with Crippen LogP contribution in [0.4, 0.5) is 5.69 Å². The first-order chi connectivity index (χ1) is 13.9. The van der Waals surface area contributed by atoms with E-state index >= 15 is 0 Å². The monoisotopic (exact) mass is 536 g/mol. The van der Waals surface area contributed by atoms with Gasteiger partial charge in [-0.05, 0) is 45.8 Å². The van der Waals surface area contributed by atoms with Crippen molar-refractivity contribution < 1.29 is 9.66 Å². The van der Waals surface area contributed by atoms with Gasteiger partial charge in [-0.3, -0.25) is 14.9 Å². The molecule has 0 spiro atoms. The van der Waals surface area contributed by atoms with Crippen LogP contribution >= 0.6 is 43.2 Å². The van der Waals surface area contributed by atoms with E-state index in [4.69, 9.17) is 4.74 Å². The van der Waals surface area contributed by atoms with E-state index in [-0.39, 0.29) is 23.9 Å². The molecule has 2 aromatic heterocycles. The molecule has 4 rings (SSSR count). The Labute approximate surface area is 184 Å². The lowest BCUT2D eigenvalue weighted by Crippen LogP contribution is -2.22. The van der Waals surface area contributed by atoms with Gasteiger partial charge in [0.05, 0.1) is 15.8 Å². The third kappa shape index (κ3) is 3.93. The van der Waals surface area contributed by atoms with E-state index in [1.165, 1.54) is 28.0 Å². The van der Waals surface area contributed by atoms with Crippen molar-refractivity contribution in [2.75, 3.05) is 0 Å². The number of hydrogen-bond donors (Lipinski definition) is 0. The molecule has 0 amide bonds. The second-order valence-corrected chi connectivity index (χ2v) is 8.49. The Bertz CT molecular complexity index is 1270. The van der Waals surface area contributed by atoms with Crippen molar-refractivity contribution in [3.8, 4) is 11.1 Å². The molecular weight excluding hydrogens is 528 g/mol. The number of benzene rings is 2. The normalized spacial score (nSPS) is 11.0. The Morgan fingerprint density at radius 2 is 1.97 bits per heavy atom. The van der Waals surface area contributed by atoms with Gasteiger partial charge in [-0.2, -0.15) is 4.98 Å². The molecule has 4 aromatic rings. The summed E-state index contributed by atoms with van der Waals surface area (Å²) in [6.07, 6.45) is 1.59. The summed E-state index contributed by atoms with van der Waals surface area (Å²) in [6, 6.07) is 9.56. The van der Waals surface area contributed by atoms with E-state index in [1.54, 1.807) is 35.8 Å². The van der Waals surface area contributed by atoms with Crippen LogP contribution in [-0.2, 0) is 6.61 Å². The second-order valence-electron chi connectivity index (χ2n) is 5.85. The zero-order valence-electron chi connectivity index (χ0n) is 14.4. The van der Waals surface area contributed by atoms with Gasteiger partial charge in [0.2, 0.25) is 5.13 Å². The predicted molar refractivity (Wildman–Crippen MR) is 116 cm³/mol. The SMILES string of the molecule is O=c1c2cc(Br)cc(Br)c2nc(OCc2ccc([N+](=O)[O-])cc2)n1-c1nccs1. The van der Waals surface area contributed by atoms with Crippen LogP contribution in [-0.4, -0.2) is 19.5 Å². The minimum absolute atomic E-state index is 0.00761. The molecule has 0 aliphatic carbocycles. The summed E-state index contributed by atoms with van der Waals surface area (Å²) in [6.45, 7) is 0.0788. The first-order valence-corrected chi connectivity index (χ1v) is 10.6. The number of hydrogen-bond acceptors (Lipinski definition) is 7. The number of non-ortho nitro benzene ring substituents is 1. The molecule has 0 aliphatic rings. The van der Waals surface area contributed by atoms with E-state index in [1.807, 2.05) is 0 Å². The zero-order chi connectivity index (χ0) is 20.5. The summed E-state index contributed by atoms with van der Waals surface area (Å²) >= 11 is 8.10. The molecule has 0 unspecified atom stereocenters. The number of fused-ring (bicyclic) bond motifs is 1. The highest BCUT2D eigenvalue weighted by atomic mass is 79.9. The summed E-state index contributed by atoms with van der Waals surface area (Å²) < 4.78 is 8.54. The number of halogens is 2. The molecule has 0 fully saturated rings. The van der Waals surface area contributed by atoms with Crippen LogP contribution in [0.3, 0.4) is 0 Å². The Morgan fingerprint density at radius 1 is 1.21 bits per heavy atom. The van der Waals surface area contributed by atoms with Gasteiger partial charge < -0.3 is 4.74 Å². The maximum absolute atomic E-state index is 13.2. The summed E-state index contributed by atoms with van der Waals surface area (Å²) in [5.74, 6) is 0. The molecule has 29 heavy (non-hydrogen) atoms. The molecule has 11 heteroatoms. The molecule has 0 saturated carbocycles. The van der Waals surface area contributed by atoms with Crippen molar-refractivity contribution in [2.45, 2.75) is 6.61 Å². The Hall–Kier alpha value is -2.63. The van der Waals surface area contributed by atoms with Crippen LogP contribution in [0, 0.1) is 10.1 Å². The highest BCUT2D eigenvalue weighted by Crippen LogP contribution is 2.28. The van der Waals surface area contributed by atoms with E-state index in [2.05, 4.69) is 41.8 Å². The number of aromatic nitrogens is 3. The summed E-state index contributed by atoms with van der Waals surface area (Å²) in [5.41, 5.74) is 0.840. The van der Waals surface area contributed by atoms with Crippen LogP contribution in [0.1, 0.15) is 5.56 Å². The van der Waals surface area contributed by atoms with Gasteiger partial charge in [0.25, 0.3) is 11.2 Å². The number of nitro groups is 1. The van der Waals surface area contributed by atoms with Crippen molar-refractivity contribution in [1.82, 2.24) is 14.5 Å². The third-order valence-corrected chi connectivity index (χ3v) is 5.81. The Kier molecular flexibility index (Phi) is 5.43. The van der Waals surface area contributed by atoms with E-state index < -0.39 is 4.92 Å². The molecule has 0 atom stereocenters. The Balaban J connectivity index is 1.79. The summed E-state index contributed by atoms with van der Waals surface area (Å²) in [5, 5.41) is 13.4. The third-order valence-electron chi connectivity index (χ3n) is 3.99. The van der Waals surface area contributed by atoms with Gasteiger partial charge in [0.15, 0.2) is 0 Å². The number of thiazole rings is 1.